The van der Waals surface area contributed by atoms with E-state index in [1.807, 2.05) is 6.08 Å². The van der Waals surface area contributed by atoms with Crippen molar-refractivity contribution < 1.29 is 23.4 Å². The van der Waals surface area contributed by atoms with Crippen LogP contribution in [0, 0.1) is 0 Å². The van der Waals surface area contributed by atoms with Gasteiger partial charge in [-0.15, -0.1) is 0 Å². The van der Waals surface area contributed by atoms with E-state index in [1.165, 1.54) is 63.4 Å². The Labute approximate surface area is 222 Å². The molecule has 0 fully saturated rings. The van der Waals surface area contributed by atoms with Crippen LogP contribution >= 0.6 is 0 Å². The standard InChI is InChI=1S/C31H56NO4/c1-5-7-8-9-10-11-12-13-14-15-21-33-23-25-35-27-28-36-26-24-34-22-20-32(3,4)29-31-18-16-30(6-2)17-19-31/h6,16-19H,2,5,7-15,20-29H2,1,3-4H3/q+1. The van der Waals surface area contributed by atoms with Gasteiger partial charge in [-0.05, 0) is 12.0 Å². The number of rotatable bonds is 26. The van der Waals surface area contributed by atoms with Crippen molar-refractivity contribution in [2.45, 2.75) is 77.7 Å². The molecule has 1 rings (SSSR count). The van der Waals surface area contributed by atoms with E-state index in [1.54, 1.807) is 0 Å². The normalized spacial score (nSPS) is 11.8. The van der Waals surface area contributed by atoms with Gasteiger partial charge in [0.2, 0.25) is 0 Å². The summed E-state index contributed by atoms with van der Waals surface area (Å²) in [5.74, 6) is 0. The Balaban J connectivity index is 1.79. The van der Waals surface area contributed by atoms with Gasteiger partial charge in [0.15, 0.2) is 0 Å². The predicted octanol–water partition coefficient (Wildman–Crippen LogP) is 6.89. The van der Waals surface area contributed by atoms with E-state index < -0.39 is 0 Å². The molecule has 0 heterocycles. The van der Waals surface area contributed by atoms with Gasteiger partial charge >= 0.3 is 0 Å². The molecule has 36 heavy (non-hydrogen) atoms. The fourth-order valence-corrected chi connectivity index (χ4v) is 4.10. The van der Waals surface area contributed by atoms with Crippen LogP contribution in [-0.2, 0) is 25.5 Å². The molecule has 0 unspecified atom stereocenters. The molecule has 0 bridgehead atoms. The summed E-state index contributed by atoms with van der Waals surface area (Å²) in [4.78, 5) is 0. The zero-order valence-corrected chi connectivity index (χ0v) is 23.8. The Hall–Kier alpha value is -1.24. The molecule has 5 heteroatoms. The average Bonchev–Trinajstić information content (AvgIpc) is 2.87. The Morgan fingerprint density at radius 3 is 1.56 bits per heavy atom. The number of ether oxygens (including phenoxy) is 4. The third-order valence-electron chi connectivity index (χ3n) is 6.43. The average molecular weight is 507 g/mol. The zero-order chi connectivity index (χ0) is 26.2. The zero-order valence-electron chi connectivity index (χ0n) is 23.8. The highest BCUT2D eigenvalue weighted by Crippen LogP contribution is 2.12. The van der Waals surface area contributed by atoms with Gasteiger partial charge in [0.1, 0.15) is 13.1 Å². The topological polar surface area (TPSA) is 36.9 Å². The highest BCUT2D eigenvalue weighted by molar-refractivity contribution is 5.47. The maximum atomic E-state index is 5.76. The molecule has 0 aromatic heterocycles. The summed E-state index contributed by atoms with van der Waals surface area (Å²) in [5, 5.41) is 0. The lowest BCUT2D eigenvalue weighted by molar-refractivity contribution is -0.904. The number of benzene rings is 1. The Morgan fingerprint density at radius 2 is 1.06 bits per heavy atom. The van der Waals surface area contributed by atoms with Crippen LogP contribution in [-0.4, -0.2) is 78.0 Å². The second kappa shape index (κ2) is 22.9. The molecule has 0 atom stereocenters. The minimum absolute atomic E-state index is 0.601. The molecule has 0 aliphatic carbocycles. The molecule has 0 saturated heterocycles. The largest absolute Gasteiger partial charge is 0.379 e. The van der Waals surface area contributed by atoms with Gasteiger partial charge in [-0.25, -0.2) is 0 Å². The number of quaternary nitrogens is 1. The molecule has 0 spiro atoms. The lowest BCUT2D eigenvalue weighted by Gasteiger charge is -2.29. The summed E-state index contributed by atoms with van der Waals surface area (Å²) in [5.41, 5.74) is 2.49. The molecular formula is C31H56NO4+. The third-order valence-corrected chi connectivity index (χ3v) is 6.43. The van der Waals surface area contributed by atoms with E-state index in [-0.39, 0.29) is 0 Å². The molecule has 0 saturated carbocycles. The van der Waals surface area contributed by atoms with Gasteiger partial charge in [0.25, 0.3) is 0 Å². The third kappa shape index (κ3) is 19.9. The molecular weight excluding hydrogens is 450 g/mol. The van der Waals surface area contributed by atoms with Crippen LogP contribution < -0.4 is 0 Å². The van der Waals surface area contributed by atoms with Crippen molar-refractivity contribution >= 4 is 6.08 Å². The van der Waals surface area contributed by atoms with E-state index >= 15 is 0 Å². The maximum absolute atomic E-state index is 5.76. The van der Waals surface area contributed by atoms with E-state index in [4.69, 9.17) is 18.9 Å². The number of nitrogens with zero attached hydrogens (tertiary/aromatic N) is 1. The van der Waals surface area contributed by atoms with Gasteiger partial charge in [-0.1, -0.05) is 102 Å². The minimum Gasteiger partial charge on any atom is -0.379 e. The highest BCUT2D eigenvalue weighted by atomic mass is 16.6. The fraction of sp³-hybridized carbons (Fsp3) is 0.742. The van der Waals surface area contributed by atoms with Crippen molar-refractivity contribution in [3.8, 4) is 0 Å². The van der Waals surface area contributed by atoms with E-state index in [2.05, 4.69) is 51.9 Å². The molecule has 0 aliphatic heterocycles. The van der Waals surface area contributed by atoms with Crippen LogP contribution in [0.25, 0.3) is 6.08 Å². The monoisotopic (exact) mass is 506 g/mol. The van der Waals surface area contributed by atoms with Gasteiger partial charge < -0.3 is 23.4 Å². The summed E-state index contributed by atoms with van der Waals surface area (Å²) >= 11 is 0. The number of unbranched alkanes of at least 4 members (excludes halogenated alkanes) is 9. The Morgan fingerprint density at radius 1 is 0.611 bits per heavy atom. The van der Waals surface area contributed by atoms with Crippen LogP contribution in [0.15, 0.2) is 30.8 Å². The molecule has 1 aromatic carbocycles. The summed E-state index contributed by atoms with van der Waals surface area (Å²) in [6.07, 6.45) is 15.4. The van der Waals surface area contributed by atoms with Crippen molar-refractivity contribution in [3.05, 3.63) is 42.0 Å². The van der Waals surface area contributed by atoms with Crippen LogP contribution in [0.4, 0.5) is 0 Å². The SMILES string of the molecule is C=Cc1ccc(C[N+](C)(C)CCOCCOCCOCCOCCCCCCCCCCCC)cc1. The minimum atomic E-state index is 0.601. The summed E-state index contributed by atoms with van der Waals surface area (Å²) in [6, 6.07) is 8.59. The second-order valence-corrected chi connectivity index (χ2v) is 10.4. The number of likely N-dealkylation sites (N-methyl/N-ethyl adjacent to an activating group) is 1. The highest BCUT2D eigenvalue weighted by Gasteiger charge is 2.15. The number of hydrogen-bond acceptors (Lipinski definition) is 4. The summed E-state index contributed by atoms with van der Waals surface area (Å²) in [7, 11) is 4.47. The predicted molar refractivity (Wildman–Crippen MR) is 152 cm³/mol. The van der Waals surface area contributed by atoms with Gasteiger partial charge in [0.05, 0.1) is 60.3 Å². The number of hydrogen-bond donors (Lipinski definition) is 0. The summed E-state index contributed by atoms with van der Waals surface area (Å²) in [6.45, 7) is 13.4. The van der Waals surface area contributed by atoms with Crippen LogP contribution in [0.3, 0.4) is 0 Å². The van der Waals surface area contributed by atoms with Crippen molar-refractivity contribution in [1.82, 2.24) is 0 Å². The van der Waals surface area contributed by atoms with Gasteiger partial charge in [0, 0.05) is 12.2 Å². The van der Waals surface area contributed by atoms with Crippen LogP contribution in [0.5, 0.6) is 0 Å². The first-order chi connectivity index (χ1) is 17.6. The van der Waals surface area contributed by atoms with E-state index in [9.17, 15) is 0 Å². The smallest absolute Gasteiger partial charge is 0.104 e. The Kier molecular flexibility index (Phi) is 20.9. The molecule has 1 aromatic rings. The lowest BCUT2D eigenvalue weighted by Crippen LogP contribution is -2.41. The van der Waals surface area contributed by atoms with Crippen LogP contribution in [0.1, 0.15) is 82.3 Å². The van der Waals surface area contributed by atoms with Crippen molar-refractivity contribution in [1.29, 1.82) is 0 Å². The second-order valence-electron chi connectivity index (χ2n) is 10.4. The van der Waals surface area contributed by atoms with Crippen molar-refractivity contribution in [3.63, 3.8) is 0 Å². The van der Waals surface area contributed by atoms with Crippen molar-refractivity contribution in [2.24, 2.45) is 0 Å². The van der Waals surface area contributed by atoms with Crippen molar-refractivity contribution in [2.75, 3.05) is 73.5 Å². The summed E-state index contributed by atoms with van der Waals surface area (Å²) < 4.78 is 23.5. The lowest BCUT2D eigenvalue weighted by atomic mass is 10.1. The first-order valence-corrected chi connectivity index (χ1v) is 14.4. The molecule has 0 N–H and O–H groups in total. The van der Waals surface area contributed by atoms with Crippen LogP contribution in [0.2, 0.25) is 0 Å². The quantitative estimate of drug-likeness (QED) is 0.101. The molecule has 0 radical (unpaired) electrons. The fourth-order valence-electron chi connectivity index (χ4n) is 4.10. The first-order valence-electron chi connectivity index (χ1n) is 14.4. The first kappa shape index (κ1) is 32.8. The van der Waals surface area contributed by atoms with Gasteiger partial charge in [-0.2, -0.15) is 0 Å². The van der Waals surface area contributed by atoms with Gasteiger partial charge in [-0.3, -0.25) is 0 Å². The van der Waals surface area contributed by atoms with E-state index in [0.29, 0.717) is 39.6 Å². The molecule has 208 valence electrons. The molecule has 0 aliphatic rings. The maximum Gasteiger partial charge on any atom is 0.104 e. The van der Waals surface area contributed by atoms with E-state index in [0.717, 1.165) is 42.8 Å². The molecule has 5 nitrogen and oxygen atoms in total. The Bertz CT molecular complexity index is 618. The molecule has 0 amide bonds.